The Morgan fingerprint density at radius 1 is 1.02 bits per heavy atom. The summed E-state index contributed by atoms with van der Waals surface area (Å²) in [7, 11) is 5.77. The maximum Gasteiger partial charge on any atom is 0.324 e. The van der Waals surface area contributed by atoms with Gasteiger partial charge in [0.25, 0.3) is 11.8 Å². The number of nitrogens with zero attached hydrogens (tertiary/aromatic N) is 7. The first kappa shape index (κ1) is 46.4. The summed E-state index contributed by atoms with van der Waals surface area (Å²) in [4.78, 5) is 70.4. The second-order valence-corrected chi connectivity index (χ2v) is 19.2. The molecular weight excluding hydrogens is 807 g/mol. The van der Waals surface area contributed by atoms with Gasteiger partial charge in [0.2, 0.25) is 5.91 Å². The molecule has 6 bridgehead atoms. The van der Waals surface area contributed by atoms with Gasteiger partial charge in [-0.25, -0.2) is 15.4 Å². The van der Waals surface area contributed by atoms with Crippen molar-refractivity contribution in [1.82, 2.24) is 45.0 Å². The van der Waals surface area contributed by atoms with Gasteiger partial charge in [-0.2, -0.15) is 0 Å². The number of nitrogens with one attached hydrogen (secondary N) is 2. The Hall–Kier alpha value is -5.62. The highest BCUT2D eigenvalue weighted by Crippen LogP contribution is 2.40. The minimum absolute atomic E-state index is 0.0764. The number of hydrogen-bond acceptors (Lipinski definition) is 10. The van der Waals surface area contributed by atoms with E-state index in [2.05, 4.69) is 93.1 Å². The molecule has 14 nitrogen and oxygen atoms in total. The molecule has 3 aliphatic heterocycles. The summed E-state index contributed by atoms with van der Waals surface area (Å²) >= 11 is 0. The molecule has 2 aromatic heterocycles. The zero-order chi connectivity index (χ0) is 45.7. The van der Waals surface area contributed by atoms with E-state index in [1.807, 2.05) is 64.4 Å². The van der Waals surface area contributed by atoms with E-state index in [1.165, 1.54) is 11.3 Å². The van der Waals surface area contributed by atoms with Gasteiger partial charge >= 0.3 is 5.97 Å². The number of esters is 1. The summed E-state index contributed by atoms with van der Waals surface area (Å²) in [6.07, 6.45) is 8.03. The zero-order valence-electron chi connectivity index (χ0n) is 38.8. The highest BCUT2D eigenvalue weighted by atomic mass is 16.5. The maximum atomic E-state index is 14.7. The van der Waals surface area contributed by atoms with Gasteiger partial charge in [0.15, 0.2) is 0 Å². The first-order chi connectivity index (χ1) is 30.6. The zero-order valence-corrected chi connectivity index (χ0v) is 38.8. The number of carbonyl (C=O) groups is 4. The average Bonchev–Trinajstić information content (AvgIpc) is 3.86. The number of fused-ring (bicyclic) bond motifs is 6. The number of benzene rings is 2. The van der Waals surface area contributed by atoms with Gasteiger partial charge < -0.3 is 19.5 Å². The van der Waals surface area contributed by atoms with Crippen LogP contribution in [0.3, 0.4) is 0 Å². The lowest BCUT2D eigenvalue weighted by Crippen LogP contribution is -2.62. The van der Waals surface area contributed by atoms with Crippen molar-refractivity contribution in [2.24, 2.45) is 17.3 Å². The third kappa shape index (κ3) is 10.7. The number of ether oxygens (including phenoxy) is 1. The fourth-order valence-corrected chi connectivity index (χ4v) is 9.68. The molecule has 4 aromatic rings. The number of likely N-dealkylation sites (N-methyl/N-ethyl adjacent to an activating group) is 1. The highest BCUT2D eigenvalue weighted by molar-refractivity contribution is 5.95. The Morgan fingerprint density at radius 3 is 2.52 bits per heavy atom. The Labute approximate surface area is 378 Å². The molecule has 2 aromatic carbocycles. The van der Waals surface area contributed by atoms with Crippen molar-refractivity contribution in [3.8, 4) is 34.2 Å². The van der Waals surface area contributed by atoms with Gasteiger partial charge in [0.05, 0.1) is 24.9 Å². The van der Waals surface area contributed by atoms with Crippen LogP contribution in [0, 0.1) is 29.1 Å². The molecule has 7 rings (SSSR count). The number of rotatable bonds is 9. The predicted octanol–water partition coefficient (Wildman–Crippen LogP) is 4.80. The molecule has 0 radical (unpaired) electrons. The monoisotopic (exact) mass is 872 g/mol. The van der Waals surface area contributed by atoms with Crippen LogP contribution in [0.1, 0.15) is 65.0 Å². The Bertz CT molecular complexity index is 2400. The fourth-order valence-electron chi connectivity index (χ4n) is 9.68. The minimum Gasteiger partial charge on any atom is -0.464 e. The molecule has 0 aliphatic carbocycles. The normalized spacial score (nSPS) is 20.8. The van der Waals surface area contributed by atoms with E-state index in [0.29, 0.717) is 52.0 Å². The number of carbonyl (C=O) groups excluding carboxylic acids is 4. The lowest BCUT2D eigenvalue weighted by Gasteiger charge is -2.37. The highest BCUT2D eigenvalue weighted by Gasteiger charge is 2.38. The summed E-state index contributed by atoms with van der Waals surface area (Å²) in [5.41, 5.74) is 9.84. The van der Waals surface area contributed by atoms with Crippen molar-refractivity contribution in [3.63, 3.8) is 0 Å². The number of hydrazine groups is 1. The van der Waals surface area contributed by atoms with Crippen molar-refractivity contribution < 1.29 is 23.9 Å². The van der Waals surface area contributed by atoms with Crippen LogP contribution in [0.2, 0.25) is 0 Å². The molecular formula is C50H65N9O5. The molecule has 0 saturated carbocycles. The predicted molar refractivity (Wildman–Crippen MR) is 248 cm³/mol. The van der Waals surface area contributed by atoms with Gasteiger partial charge in [0, 0.05) is 73.4 Å². The van der Waals surface area contributed by atoms with Gasteiger partial charge in [-0.05, 0) is 106 Å². The molecule has 2 N–H and O–H groups in total. The second kappa shape index (κ2) is 20.0. The van der Waals surface area contributed by atoms with Gasteiger partial charge in [-0.15, -0.1) is 0 Å². The molecule has 5 heterocycles. The number of aromatic nitrogens is 3. The quantitative estimate of drug-likeness (QED) is 0.178. The van der Waals surface area contributed by atoms with E-state index < -0.39 is 29.5 Å². The molecule has 340 valence electrons. The van der Waals surface area contributed by atoms with Crippen LogP contribution in [-0.4, -0.2) is 137 Å². The van der Waals surface area contributed by atoms with Gasteiger partial charge in [-0.3, -0.25) is 34.0 Å². The van der Waals surface area contributed by atoms with E-state index >= 15 is 0 Å². The van der Waals surface area contributed by atoms with Crippen molar-refractivity contribution >= 4 is 34.6 Å². The summed E-state index contributed by atoms with van der Waals surface area (Å²) in [5, 5.41) is 5.79. The molecule has 64 heavy (non-hydrogen) atoms. The number of hydrogen-bond donors (Lipinski definition) is 2. The van der Waals surface area contributed by atoms with E-state index in [4.69, 9.17) is 4.74 Å². The lowest BCUT2D eigenvalue weighted by molar-refractivity contribution is -0.155. The SMILES string of the molecule is CCn1c(-c2cncnc2)c2c3cc(ccc31)-c1cccc(c1)C[C@H](NC(=O)[C@H](C(C)C)N(C)C[C@H]1CCN(C(=O)C#CCN(C)C)C1)C(=O)N1CCC[C@H](N1)C(=O)OCC(C)(C)C2. The van der Waals surface area contributed by atoms with Crippen LogP contribution >= 0.6 is 0 Å². The molecule has 0 unspecified atom stereocenters. The summed E-state index contributed by atoms with van der Waals surface area (Å²) in [6, 6.07) is 12.5. The maximum absolute atomic E-state index is 14.7. The first-order valence-corrected chi connectivity index (χ1v) is 22.8. The Morgan fingerprint density at radius 2 is 1.78 bits per heavy atom. The smallest absolute Gasteiger partial charge is 0.324 e. The van der Waals surface area contributed by atoms with Crippen LogP contribution < -0.4 is 10.7 Å². The van der Waals surface area contributed by atoms with Gasteiger partial charge in [0.1, 0.15) is 18.4 Å². The molecule has 4 atom stereocenters. The van der Waals surface area contributed by atoms with Crippen molar-refractivity contribution in [2.75, 3.05) is 60.5 Å². The van der Waals surface area contributed by atoms with E-state index in [0.717, 1.165) is 57.4 Å². The summed E-state index contributed by atoms with van der Waals surface area (Å²) in [5.74, 6) is 4.67. The van der Waals surface area contributed by atoms with Crippen LogP contribution in [0.25, 0.3) is 33.3 Å². The molecule has 3 aliphatic rings. The van der Waals surface area contributed by atoms with Crippen LogP contribution in [0.15, 0.2) is 61.2 Å². The number of aryl methyl sites for hydroxylation is 1. The number of cyclic esters (lactones) is 1. The Balaban J connectivity index is 1.20. The molecule has 2 saturated heterocycles. The number of likely N-dealkylation sites (tertiary alicyclic amines) is 1. The minimum atomic E-state index is -0.930. The third-order valence-electron chi connectivity index (χ3n) is 12.7. The van der Waals surface area contributed by atoms with E-state index in [9.17, 15) is 19.2 Å². The molecule has 3 amide bonds. The van der Waals surface area contributed by atoms with Crippen molar-refractivity contribution in [1.29, 1.82) is 0 Å². The second-order valence-electron chi connectivity index (χ2n) is 19.2. The van der Waals surface area contributed by atoms with Crippen molar-refractivity contribution in [3.05, 3.63) is 72.3 Å². The third-order valence-corrected chi connectivity index (χ3v) is 12.7. The summed E-state index contributed by atoms with van der Waals surface area (Å²) < 4.78 is 8.39. The number of amides is 3. The van der Waals surface area contributed by atoms with Crippen LogP contribution in [-0.2, 0) is 43.3 Å². The average molecular weight is 872 g/mol. The topological polar surface area (TPSA) is 145 Å². The molecule has 14 heteroatoms. The van der Waals surface area contributed by atoms with Crippen molar-refractivity contribution in [2.45, 2.75) is 91.4 Å². The van der Waals surface area contributed by atoms with Crippen LogP contribution in [0.5, 0.6) is 0 Å². The Kier molecular flexibility index (Phi) is 14.5. The van der Waals surface area contributed by atoms with E-state index in [1.54, 1.807) is 4.90 Å². The molecule has 2 fully saturated rings. The standard InChI is InChI=1S/C50H65N9O5/c1-9-58-43-18-17-37-25-39(43)40(46(58)38-27-51-32-52-28-38)26-50(4,5)31-64-49(63)41-15-11-21-59(54-41)48(62)42(24-34-13-10-14-36(37)23-34)53-47(61)45(33(2)3)56(8)29-35-19-22-57(30-35)44(60)16-12-20-55(6)7/h10,13-14,17-18,23,25,27-28,32-33,35,41-42,45,54H,9,11,15,19-22,24,26,29-31H2,1-8H3,(H,53,61)/t35-,41+,42+,45+/m1/s1. The van der Waals surface area contributed by atoms with Crippen LogP contribution in [0.4, 0.5) is 0 Å². The first-order valence-electron chi connectivity index (χ1n) is 22.8. The fraction of sp³-hybridized carbons (Fsp3) is 0.520. The lowest BCUT2D eigenvalue weighted by atomic mass is 9.84. The summed E-state index contributed by atoms with van der Waals surface area (Å²) in [6.45, 7) is 14.0. The molecule has 0 spiro atoms. The van der Waals surface area contributed by atoms with E-state index in [-0.39, 0.29) is 42.6 Å². The largest absolute Gasteiger partial charge is 0.464 e. The van der Waals surface area contributed by atoms with Gasteiger partial charge in [-0.1, -0.05) is 63.9 Å².